The summed E-state index contributed by atoms with van der Waals surface area (Å²) in [4.78, 5) is 17.9. The fourth-order valence-electron chi connectivity index (χ4n) is 6.65. The first-order valence-corrected chi connectivity index (χ1v) is 14.1. The first kappa shape index (κ1) is 23.9. The van der Waals surface area contributed by atoms with Crippen molar-refractivity contribution in [3.63, 3.8) is 0 Å². The number of pyridine rings is 2. The minimum Gasteiger partial charge on any atom is -0.341 e. The summed E-state index contributed by atoms with van der Waals surface area (Å²) in [6, 6.07) is 15.3. The lowest BCUT2D eigenvalue weighted by molar-refractivity contribution is 0.263. The number of rotatable bonds is 7. The van der Waals surface area contributed by atoms with E-state index in [1.807, 2.05) is 36.8 Å². The van der Waals surface area contributed by atoms with Gasteiger partial charge in [-0.15, -0.1) is 0 Å². The average molecular weight is 509 g/mol. The molecule has 4 aromatic rings. The van der Waals surface area contributed by atoms with Crippen LogP contribution in [0.5, 0.6) is 0 Å². The minimum atomic E-state index is 0.109. The summed E-state index contributed by atoms with van der Waals surface area (Å²) in [5.74, 6) is 2.23. The summed E-state index contributed by atoms with van der Waals surface area (Å²) in [5, 5.41) is 7.43. The van der Waals surface area contributed by atoms with Crippen LogP contribution >= 0.6 is 0 Å². The summed E-state index contributed by atoms with van der Waals surface area (Å²) < 4.78 is 0. The van der Waals surface area contributed by atoms with Gasteiger partial charge in [0.2, 0.25) is 0 Å². The number of hydrazine groups is 1. The van der Waals surface area contributed by atoms with Crippen LogP contribution in [0.4, 0.5) is 0 Å². The predicted molar refractivity (Wildman–Crippen MR) is 149 cm³/mol. The number of nitrogens with zero attached hydrogens (tertiary/aromatic N) is 3. The lowest BCUT2D eigenvalue weighted by Gasteiger charge is -2.34. The lowest BCUT2D eigenvalue weighted by Crippen LogP contribution is -2.46. The van der Waals surface area contributed by atoms with Crippen molar-refractivity contribution in [1.82, 2.24) is 41.4 Å². The number of aromatic amines is 1. The van der Waals surface area contributed by atoms with Crippen LogP contribution in [-0.2, 0) is 6.54 Å². The van der Waals surface area contributed by atoms with Crippen LogP contribution in [0.25, 0.3) is 22.3 Å². The normalized spacial score (nSPS) is 25.7. The van der Waals surface area contributed by atoms with Crippen LogP contribution in [-0.4, -0.2) is 39.1 Å². The molecule has 1 aliphatic carbocycles. The molecule has 0 bridgehead atoms. The Labute approximate surface area is 223 Å². The molecular formula is C30H36N8. The first-order valence-electron chi connectivity index (χ1n) is 14.1. The highest BCUT2D eigenvalue weighted by molar-refractivity contribution is 5.90. The van der Waals surface area contributed by atoms with Gasteiger partial charge in [-0.2, -0.15) is 0 Å². The molecular weight excluding hydrogens is 472 g/mol. The van der Waals surface area contributed by atoms with Crippen molar-refractivity contribution in [3.05, 3.63) is 78.0 Å². The lowest BCUT2D eigenvalue weighted by atomic mass is 9.82. The molecule has 3 aliphatic rings. The summed E-state index contributed by atoms with van der Waals surface area (Å²) >= 11 is 0. The molecule has 8 heteroatoms. The highest BCUT2D eigenvalue weighted by atomic mass is 15.4. The van der Waals surface area contributed by atoms with E-state index >= 15 is 0 Å². The molecule has 0 spiro atoms. The molecule has 1 saturated carbocycles. The van der Waals surface area contributed by atoms with E-state index < -0.39 is 0 Å². The second-order valence-electron chi connectivity index (χ2n) is 11.2. The SMILES string of the molecule is c1ccc(-c2cccc3[nH]c(C4NNC5CNC(c6cncc(CNCC7CCCC7)c6)CC54)nc23)nc1. The molecule has 4 unspecified atom stereocenters. The maximum atomic E-state index is 5.10. The van der Waals surface area contributed by atoms with E-state index in [9.17, 15) is 0 Å². The van der Waals surface area contributed by atoms with Gasteiger partial charge in [0.1, 0.15) is 5.82 Å². The Kier molecular flexibility index (Phi) is 6.63. The number of aromatic nitrogens is 4. The van der Waals surface area contributed by atoms with E-state index in [2.05, 4.69) is 60.7 Å². The smallest absolute Gasteiger partial charge is 0.126 e. The number of hydrogen-bond acceptors (Lipinski definition) is 7. The zero-order valence-electron chi connectivity index (χ0n) is 21.7. The molecule has 5 N–H and O–H groups in total. The van der Waals surface area contributed by atoms with Gasteiger partial charge in [-0.3, -0.25) is 15.4 Å². The third kappa shape index (κ3) is 4.73. The molecule has 4 atom stereocenters. The fourth-order valence-corrected chi connectivity index (χ4v) is 6.65. The number of hydrogen-bond donors (Lipinski definition) is 5. The Hall–Kier alpha value is -3.17. The quantitative estimate of drug-likeness (QED) is 0.255. The van der Waals surface area contributed by atoms with Gasteiger partial charge in [-0.25, -0.2) is 10.4 Å². The zero-order chi connectivity index (χ0) is 25.3. The molecule has 8 nitrogen and oxygen atoms in total. The van der Waals surface area contributed by atoms with E-state index in [4.69, 9.17) is 4.98 Å². The van der Waals surface area contributed by atoms with Crippen molar-refractivity contribution < 1.29 is 0 Å². The minimum absolute atomic E-state index is 0.109. The molecule has 0 amide bonds. The van der Waals surface area contributed by atoms with Crippen LogP contribution in [0.2, 0.25) is 0 Å². The molecule has 2 saturated heterocycles. The Bertz CT molecular complexity index is 1380. The second kappa shape index (κ2) is 10.5. The van der Waals surface area contributed by atoms with Crippen molar-refractivity contribution in [3.8, 4) is 11.3 Å². The number of benzene rings is 1. The van der Waals surface area contributed by atoms with Crippen molar-refractivity contribution in [2.75, 3.05) is 13.1 Å². The Morgan fingerprint density at radius 2 is 1.95 bits per heavy atom. The number of para-hydroxylation sites is 1. The maximum Gasteiger partial charge on any atom is 0.126 e. The van der Waals surface area contributed by atoms with E-state index in [0.29, 0.717) is 12.0 Å². The monoisotopic (exact) mass is 508 g/mol. The highest BCUT2D eigenvalue weighted by Crippen LogP contribution is 2.38. The van der Waals surface area contributed by atoms with Gasteiger partial charge < -0.3 is 15.6 Å². The van der Waals surface area contributed by atoms with Crippen molar-refractivity contribution in [2.24, 2.45) is 11.8 Å². The van der Waals surface area contributed by atoms with E-state index in [1.54, 1.807) is 0 Å². The van der Waals surface area contributed by atoms with E-state index in [-0.39, 0.29) is 12.1 Å². The number of H-pyrrole nitrogens is 1. The predicted octanol–water partition coefficient (Wildman–Crippen LogP) is 4.17. The summed E-state index contributed by atoms with van der Waals surface area (Å²) in [6.07, 6.45) is 12.4. The zero-order valence-corrected chi connectivity index (χ0v) is 21.7. The Morgan fingerprint density at radius 1 is 1.00 bits per heavy atom. The second-order valence-corrected chi connectivity index (χ2v) is 11.2. The average Bonchev–Trinajstić information content (AvgIpc) is 3.73. The molecule has 38 heavy (non-hydrogen) atoms. The molecule has 0 radical (unpaired) electrons. The topological polar surface area (TPSA) is 103 Å². The number of fused-ring (bicyclic) bond motifs is 2. The summed E-state index contributed by atoms with van der Waals surface area (Å²) in [6.45, 7) is 2.91. The molecule has 5 heterocycles. The largest absolute Gasteiger partial charge is 0.341 e. The van der Waals surface area contributed by atoms with Gasteiger partial charge in [0, 0.05) is 55.2 Å². The van der Waals surface area contributed by atoms with Crippen LogP contribution < -0.4 is 21.5 Å². The van der Waals surface area contributed by atoms with Gasteiger partial charge in [0.05, 0.1) is 22.8 Å². The molecule has 3 fully saturated rings. The van der Waals surface area contributed by atoms with Gasteiger partial charge in [0.25, 0.3) is 0 Å². The van der Waals surface area contributed by atoms with Gasteiger partial charge in [-0.05, 0) is 67.1 Å². The van der Waals surface area contributed by atoms with Crippen molar-refractivity contribution in [2.45, 2.75) is 56.8 Å². The van der Waals surface area contributed by atoms with Crippen LogP contribution in [0.15, 0.2) is 61.1 Å². The van der Waals surface area contributed by atoms with Gasteiger partial charge in [0.15, 0.2) is 0 Å². The van der Waals surface area contributed by atoms with Crippen LogP contribution in [0.1, 0.15) is 61.1 Å². The highest BCUT2D eigenvalue weighted by Gasteiger charge is 2.42. The standard InChI is InChI=1S/C30H36N8/c1-2-7-19(6-1)14-31-15-20-12-21(17-32-16-20)26-13-23-27(18-34-26)37-38-29(23)30-35-25-10-5-8-22(28(25)36-30)24-9-3-4-11-33-24/h3-5,8-12,16-17,19,23,26-27,29,31,34,37-38H,1-2,6-7,13-15,18H2,(H,35,36). The number of nitrogens with one attached hydrogen (secondary N) is 5. The third-order valence-corrected chi connectivity index (χ3v) is 8.68. The summed E-state index contributed by atoms with van der Waals surface area (Å²) in [7, 11) is 0. The molecule has 2 aliphatic heterocycles. The first-order chi connectivity index (χ1) is 18.8. The molecule has 3 aromatic heterocycles. The number of piperidine rings is 1. The fraction of sp³-hybridized carbons (Fsp3) is 0.433. The Balaban J connectivity index is 1.08. The van der Waals surface area contributed by atoms with Crippen LogP contribution in [0.3, 0.4) is 0 Å². The molecule has 7 rings (SSSR count). The Morgan fingerprint density at radius 3 is 2.84 bits per heavy atom. The van der Waals surface area contributed by atoms with Crippen LogP contribution in [0, 0.1) is 11.8 Å². The maximum absolute atomic E-state index is 5.10. The molecule has 196 valence electrons. The van der Waals surface area contributed by atoms with Crippen molar-refractivity contribution in [1.29, 1.82) is 0 Å². The van der Waals surface area contributed by atoms with E-state index in [1.165, 1.54) is 36.8 Å². The van der Waals surface area contributed by atoms with E-state index in [0.717, 1.165) is 60.1 Å². The third-order valence-electron chi connectivity index (χ3n) is 8.68. The number of imidazole rings is 1. The van der Waals surface area contributed by atoms with Crippen molar-refractivity contribution >= 4 is 11.0 Å². The molecule has 1 aromatic carbocycles. The van der Waals surface area contributed by atoms with Gasteiger partial charge >= 0.3 is 0 Å². The summed E-state index contributed by atoms with van der Waals surface area (Å²) in [5.41, 5.74) is 13.6. The van der Waals surface area contributed by atoms with Gasteiger partial charge in [-0.1, -0.05) is 31.0 Å².